The largest absolute Gasteiger partial charge is 0.478 e. The van der Waals surface area contributed by atoms with Gasteiger partial charge in [-0.05, 0) is 40.8 Å². The van der Waals surface area contributed by atoms with Crippen LogP contribution in [0.2, 0.25) is 0 Å². The van der Waals surface area contributed by atoms with Crippen molar-refractivity contribution in [3.63, 3.8) is 0 Å². The zero-order valence-corrected chi connectivity index (χ0v) is 11.3. The maximum Gasteiger partial charge on any atom is 0.337 e. The molecular weight excluding hydrogens is 284 g/mol. The van der Waals surface area contributed by atoms with E-state index in [-0.39, 0.29) is 5.56 Å². The molecule has 1 aliphatic heterocycles. The second kappa shape index (κ2) is 5.04. The molecule has 0 unspecified atom stereocenters. The Bertz CT molecular complexity index is 429. The molecule has 0 spiro atoms. The monoisotopic (exact) mass is 298 g/mol. The van der Waals surface area contributed by atoms with Gasteiger partial charge in [0.2, 0.25) is 0 Å². The summed E-state index contributed by atoms with van der Waals surface area (Å²) < 4.78 is 0.756. The Morgan fingerprint density at radius 2 is 2.18 bits per heavy atom. The lowest BCUT2D eigenvalue weighted by molar-refractivity contribution is 0.0696. The van der Waals surface area contributed by atoms with Gasteiger partial charge in [-0.3, -0.25) is 0 Å². The maximum atomic E-state index is 10.8. The van der Waals surface area contributed by atoms with Gasteiger partial charge in [0.15, 0.2) is 0 Å². The van der Waals surface area contributed by atoms with Gasteiger partial charge in [0, 0.05) is 19.3 Å². The molecule has 0 aliphatic carbocycles. The Labute approximate surface area is 109 Å². The first-order chi connectivity index (χ1) is 8.08. The van der Waals surface area contributed by atoms with Crippen molar-refractivity contribution in [2.75, 3.05) is 18.0 Å². The number of anilines is 1. The number of carbonyl (C=O) groups is 1. The number of aromatic carboxylic acids is 1. The van der Waals surface area contributed by atoms with Gasteiger partial charge in [-0.25, -0.2) is 9.78 Å². The van der Waals surface area contributed by atoms with Crippen LogP contribution in [0.15, 0.2) is 16.7 Å². The van der Waals surface area contributed by atoms with Crippen molar-refractivity contribution in [3.8, 4) is 0 Å². The molecule has 0 amide bonds. The van der Waals surface area contributed by atoms with Gasteiger partial charge in [-0.2, -0.15) is 0 Å². The van der Waals surface area contributed by atoms with Gasteiger partial charge < -0.3 is 10.0 Å². The quantitative estimate of drug-likeness (QED) is 0.912. The molecule has 5 heteroatoms. The summed E-state index contributed by atoms with van der Waals surface area (Å²) in [6, 6.07) is 1.61. The molecule has 1 aliphatic rings. The van der Waals surface area contributed by atoms with Crippen LogP contribution in [0.25, 0.3) is 0 Å². The first-order valence-electron chi connectivity index (χ1n) is 5.71. The highest BCUT2D eigenvalue weighted by molar-refractivity contribution is 9.10. The van der Waals surface area contributed by atoms with Crippen molar-refractivity contribution >= 4 is 27.7 Å². The maximum absolute atomic E-state index is 10.8. The standard InChI is InChI=1S/C12H15BrN2O2/c1-8-2-4-15(5-3-8)11-10(13)6-9(7-14-11)12(16)17/h6-8H,2-5H2,1H3,(H,16,17). The van der Waals surface area contributed by atoms with E-state index in [0.717, 1.165) is 42.1 Å². The summed E-state index contributed by atoms with van der Waals surface area (Å²) in [6.07, 6.45) is 3.74. The van der Waals surface area contributed by atoms with E-state index in [0.29, 0.717) is 0 Å². The number of aromatic nitrogens is 1. The molecule has 1 N–H and O–H groups in total. The van der Waals surface area contributed by atoms with Gasteiger partial charge in [-0.15, -0.1) is 0 Å². The number of nitrogens with zero attached hydrogens (tertiary/aromatic N) is 2. The predicted octanol–water partition coefficient (Wildman–Crippen LogP) is 2.78. The smallest absolute Gasteiger partial charge is 0.337 e. The number of pyridine rings is 1. The lowest BCUT2D eigenvalue weighted by atomic mass is 9.99. The highest BCUT2D eigenvalue weighted by Crippen LogP contribution is 2.28. The lowest BCUT2D eigenvalue weighted by Crippen LogP contribution is -2.33. The highest BCUT2D eigenvalue weighted by atomic mass is 79.9. The third-order valence-corrected chi connectivity index (χ3v) is 3.74. The molecule has 0 saturated carbocycles. The van der Waals surface area contributed by atoms with E-state index in [9.17, 15) is 4.79 Å². The van der Waals surface area contributed by atoms with Gasteiger partial charge in [0.1, 0.15) is 5.82 Å². The second-order valence-electron chi connectivity index (χ2n) is 4.50. The number of hydrogen-bond acceptors (Lipinski definition) is 3. The Balaban J connectivity index is 2.19. The van der Waals surface area contributed by atoms with Crippen LogP contribution in [0.4, 0.5) is 5.82 Å². The molecular formula is C12H15BrN2O2. The van der Waals surface area contributed by atoms with Crippen LogP contribution in [0.5, 0.6) is 0 Å². The Hall–Kier alpha value is -1.10. The summed E-state index contributed by atoms with van der Waals surface area (Å²) in [5.41, 5.74) is 0.214. The van der Waals surface area contributed by atoms with Crippen LogP contribution in [-0.2, 0) is 0 Å². The van der Waals surface area contributed by atoms with Gasteiger partial charge >= 0.3 is 5.97 Å². The van der Waals surface area contributed by atoms with Crippen molar-refractivity contribution < 1.29 is 9.90 Å². The van der Waals surface area contributed by atoms with Crippen LogP contribution in [0.3, 0.4) is 0 Å². The van der Waals surface area contributed by atoms with E-state index < -0.39 is 5.97 Å². The van der Waals surface area contributed by atoms with Gasteiger partial charge in [0.05, 0.1) is 10.0 Å². The zero-order valence-electron chi connectivity index (χ0n) is 9.69. The molecule has 92 valence electrons. The van der Waals surface area contributed by atoms with Gasteiger partial charge in [0.25, 0.3) is 0 Å². The molecule has 1 saturated heterocycles. The molecule has 0 aromatic carbocycles. The van der Waals surface area contributed by atoms with Crippen molar-refractivity contribution in [3.05, 3.63) is 22.3 Å². The van der Waals surface area contributed by atoms with Crippen LogP contribution >= 0.6 is 15.9 Å². The third-order valence-electron chi connectivity index (χ3n) is 3.15. The summed E-state index contributed by atoms with van der Waals surface area (Å²) in [6.45, 7) is 4.23. The molecule has 4 nitrogen and oxygen atoms in total. The van der Waals surface area contributed by atoms with Crippen LogP contribution < -0.4 is 4.90 Å². The summed E-state index contributed by atoms with van der Waals surface area (Å²) in [4.78, 5) is 17.3. The normalized spacial score (nSPS) is 17.2. The van der Waals surface area contributed by atoms with E-state index in [2.05, 4.69) is 32.7 Å². The topological polar surface area (TPSA) is 53.4 Å². The number of piperidine rings is 1. The minimum Gasteiger partial charge on any atom is -0.478 e. The van der Waals surface area contributed by atoms with Gasteiger partial charge in [-0.1, -0.05) is 6.92 Å². The van der Waals surface area contributed by atoms with E-state index >= 15 is 0 Å². The number of carboxylic acid groups (broad SMARTS) is 1. The van der Waals surface area contributed by atoms with Crippen LogP contribution in [0.1, 0.15) is 30.1 Å². The fourth-order valence-corrected chi connectivity index (χ4v) is 2.60. The second-order valence-corrected chi connectivity index (χ2v) is 5.36. The van der Waals surface area contributed by atoms with E-state index in [1.165, 1.54) is 6.20 Å². The predicted molar refractivity (Wildman–Crippen MR) is 69.5 cm³/mol. The zero-order chi connectivity index (χ0) is 12.4. The summed E-state index contributed by atoms with van der Waals surface area (Å²) in [5.74, 6) is 0.669. The van der Waals surface area contributed by atoms with Crippen LogP contribution in [0, 0.1) is 5.92 Å². The average molecular weight is 299 g/mol. The minimum atomic E-state index is -0.947. The molecule has 0 bridgehead atoms. The number of hydrogen-bond donors (Lipinski definition) is 1. The molecule has 2 heterocycles. The third kappa shape index (κ3) is 2.77. The fourth-order valence-electron chi connectivity index (χ4n) is 2.00. The minimum absolute atomic E-state index is 0.214. The molecule has 0 atom stereocenters. The number of carboxylic acids is 1. The van der Waals surface area contributed by atoms with E-state index in [4.69, 9.17) is 5.11 Å². The van der Waals surface area contributed by atoms with Crippen molar-refractivity contribution in [2.45, 2.75) is 19.8 Å². The lowest BCUT2D eigenvalue weighted by Gasteiger charge is -2.31. The molecule has 0 radical (unpaired) electrons. The average Bonchev–Trinajstić information content (AvgIpc) is 2.30. The van der Waals surface area contributed by atoms with E-state index in [1.54, 1.807) is 6.07 Å². The van der Waals surface area contributed by atoms with Crippen molar-refractivity contribution in [2.24, 2.45) is 5.92 Å². The Kier molecular flexibility index (Phi) is 3.66. The first-order valence-corrected chi connectivity index (χ1v) is 6.51. The Morgan fingerprint density at radius 1 is 1.53 bits per heavy atom. The Morgan fingerprint density at radius 3 is 2.71 bits per heavy atom. The highest BCUT2D eigenvalue weighted by Gasteiger charge is 2.19. The van der Waals surface area contributed by atoms with Crippen molar-refractivity contribution in [1.29, 1.82) is 0 Å². The summed E-state index contributed by atoms with van der Waals surface area (Å²) in [5, 5.41) is 8.87. The van der Waals surface area contributed by atoms with Crippen LogP contribution in [-0.4, -0.2) is 29.1 Å². The molecule has 1 aromatic rings. The van der Waals surface area contributed by atoms with E-state index in [1.807, 2.05) is 0 Å². The molecule has 17 heavy (non-hydrogen) atoms. The van der Waals surface area contributed by atoms with Crippen molar-refractivity contribution in [1.82, 2.24) is 4.98 Å². The summed E-state index contributed by atoms with van der Waals surface area (Å²) in [7, 11) is 0. The molecule has 1 fully saturated rings. The number of halogens is 1. The summed E-state index contributed by atoms with van der Waals surface area (Å²) >= 11 is 3.40. The number of rotatable bonds is 2. The fraction of sp³-hybridized carbons (Fsp3) is 0.500. The first kappa shape index (κ1) is 12.4. The molecule has 2 rings (SSSR count). The SMILES string of the molecule is CC1CCN(c2ncc(C(=O)O)cc2Br)CC1. The molecule has 1 aromatic heterocycles.